The molecule has 2 amide bonds. The Morgan fingerprint density at radius 1 is 1.00 bits per heavy atom. The van der Waals surface area contributed by atoms with Crippen molar-refractivity contribution in [1.29, 1.82) is 0 Å². The number of amides is 2. The minimum Gasteiger partial charge on any atom is -0.351 e. The Balaban J connectivity index is 1.40. The van der Waals surface area contributed by atoms with Gasteiger partial charge in [-0.2, -0.15) is 0 Å². The smallest absolute Gasteiger partial charge is 0.265 e. The van der Waals surface area contributed by atoms with Gasteiger partial charge in [0.1, 0.15) is 5.82 Å². The summed E-state index contributed by atoms with van der Waals surface area (Å²) in [7, 11) is 0. The fourth-order valence-corrected chi connectivity index (χ4v) is 3.83. The van der Waals surface area contributed by atoms with Gasteiger partial charge in [-0.15, -0.1) is 11.3 Å². The molecule has 0 spiro atoms. The first-order chi connectivity index (χ1) is 13.6. The van der Waals surface area contributed by atoms with Crippen LogP contribution in [0.4, 0.5) is 10.1 Å². The molecule has 4 rings (SSSR count). The van der Waals surface area contributed by atoms with Gasteiger partial charge in [0.2, 0.25) is 0 Å². The minimum absolute atomic E-state index is 0.103. The van der Waals surface area contributed by atoms with Crippen LogP contribution < -0.4 is 10.6 Å². The summed E-state index contributed by atoms with van der Waals surface area (Å²) in [6.07, 6.45) is 1.94. The van der Waals surface area contributed by atoms with Crippen molar-refractivity contribution < 1.29 is 14.0 Å². The summed E-state index contributed by atoms with van der Waals surface area (Å²) in [5.74, 6) is -0.647. The van der Waals surface area contributed by atoms with E-state index in [0.29, 0.717) is 22.7 Å². The topological polar surface area (TPSA) is 58.2 Å². The summed E-state index contributed by atoms with van der Waals surface area (Å²) in [6, 6.07) is 16.9. The van der Waals surface area contributed by atoms with Gasteiger partial charge in [-0.05, 0) is 60.2 Å². The second-order valence-corrected chi connectivity index (χ2v) is 7.93. The number of thiophene rings is 1. The molecule has 2 N–H and O–H groups in total. The number of rotatable bonds is 6. The predicted octanol–water partition coefficient (Wildman–Crippen LogP) is 4.60. The molecule has 6 heteroatoms. The maximum absolute atomic E-state index is 13.1. The van der Waals surface area contributed by atoms with Gasteiger partial charge in [0.15, 0.2) is 0 Å². The van der Waals surface area contributed by atoms with E-state index in [2.05, 4.69) is 10.6 Å². The summed E-state index contributed by atoms with van der Waals surface area (Å²) in [5, 5.41) is 7.63. The lowest BCUT2D eigenvalue weighted by atomic mass is 9.96. The Hall–Kier alpha value is -2.99. The predicted molar refractivity (Wildman–Crippen MR) is 108 cm³/mol. The summed E-state index contributed by atoms with van der Waals surface area (Å²) >= 11 is 1.36. The molecule has 0 radical (unpaired) electrons. The van der Waals surface area contributed by atoms with E-state index in [1.807, 2.05) is 11.4 Å². The SMILES string of the molecule is O=C(NCC1(c2ccc(F)cc2)CC1)c1cccc(NC(=O)c2cccs2)c1. The van der Waals surface area contributed by atoms with E-state index in [0.717, 1.165) is 18.4 Å². The quantitative estimate of drug-likeness (QED) is 0.642. The van der Waals surface area contributed by atoms with Gasteiger partial charge in [0.25, 0.3) is 11.8 Å². The average molecular weight is 394 g/mol. The highest BCUT2D eigenvalue weighted by Crippen LogP contribution is 2.47. The molecule has 0 aliphatic heterocycles. The van der Waals surface area contributed by atoms with Gasteiger partial charge in [-0.25, -0.2) is 4.39 Å². The number of hydrogen-bond donors (Lipinski definition) is 2. The molecular formula is C22H19FN2O2S. The molecule has 0 bridgehead atoms. The van der Waals surface area contributed by atoms with E-state index in [9.17, 15) is 14.0 Å². The lowest BCUT2D eigenvalue weighted by Gasteiger charge is -2.17. The van der Waals surface area contributed by atoms with Crippen molar-refractivity contribution in [2.75, 3.05) is 11.9 Å². The first-order valence-corrected chi connectivity index (χ1v) is 9.93. The van der Waals surface area contributed by atoms with E-state index in [-0.39, 0.29) is 23.0 Å². The normalized spacial score (nSPS) is 14.3. The zero-order valence-corrected chi connectivity index (χ0v) is 15.9. The molecule has 0 atom stereocenters. The third kappa shape index (κ3) is 3.97. The van der Waals surface area contributed by atoms with Gasteiger partial charge in [-0.3, -0.25) is 9.59 Å². The van der Waals surface area contributed by atoms with Crippen LogP contribution >= 0.6 is 11.3 Å². The Labute approximate surface area is 166 Å². The zero-order chi connectivity index (χ0) is 19.6. The summed E-state index contributed by atoms with van der Waals surface area (Å²) in [5.41, 5.74) is 2.00. The lowest BCUT2D eigenvalue weighted by molar-refractivity contribution is 0.0948. The minimum atomic E-state index is -0.259. The molecule has 3 aromatic rings. The molecule has 4 nitrogen and oxygen atoms in total. The highest BCUT2D eigenvalue weighted by molar-refractivity contribution is 7.12. The third-order valence-electron chi connectivity index (χ3n) is 5.03. The van der Waals surface area contributed by atoms with E-state index in [4.69, 9.17) is 0 Å². The largest absolute Gasteiger partial charge is 0.351 e. The van der Waals surface area contributed by atoms with Gasteiger partial charge in [0, 0.05) is 23.2 Å². The van der Waals surface area contributed by atoms with Crippen LogP contribution in [-0.2, 0) is 5.41 Å². The van der Waals surface area contributed by atoms with Crippen LogP contribution in [0.1, 0.15) is 38.4 Å². The Morgan fingerprint density at radius 2 is 1.79 bits per heavy atom. The maximum atomic E-state index is 13.1. The van der Waals surface area contributed by atoms with Gasteiger partial charge in [0.05, 0.1) is 4.88 Å². The molecule has 1 saturated carbocycles. The highest BCUT2D eigenvalue weighted by atomic mass is 32.1. The van der Waals surface area contributed by atoms with Crippen molar-refractivity contribution in [3.63, 3.8) is 0 Å². The zero-order valence-electron chi connectivity index (χ0n) is 15.1. The van der Waals surface area contributed by atoms with Crippen molar-refractivity contribution in [3.05, 3.63) is 87.9 Å². The number of nitrogens with one attached hydrogen (secondary N) is 2. The lowest BCUT2D eigenvalue weighted by Crippen LogP contribution is -2.32. The summed E-state index contributed by atoms with van der Waals surface area (Å²) in [6.45, 7) is 0.503. The Morgan fingerprint density at radius 3 is 2.46 bits per heavy atom. The van der Waals surface area contributed by atoms with Crippen molar-refractivity contribution in [2.45, 2.75) is 18.3 Å². The molecule has 0 saturated heterocycles. The standard InChI is InChI=1S/C22H19FN2O2S/c23-17-8-6-16(7-9-17)22(10-11-22)14-24-20(26)15-3-1-4-18(13-15)25-21(27)19-5-2-12-28-19/h1-9,12-13H,10-11,14H2,(H,24,26)(H,25,27). The number of benzene rings is 2. The molecule has 0 unspecified atom stereocenters. The van der Waals surface area contributed by atoms with E-state index in [1.165, 1.54) is 23.5 Å². The van der Waals surface area contributed by atoms with Crippen LogP contribution in [0.5, 0.6) is 0 Å². The first kappa shape index (κ1) is 18.4. The van der Waals surface area contributed by atoms with Crippen molar-refractivity contribution >= 4 is 28.8 Å². The second-order valence-electron chi connectivity index (χ2n) is 6.98. The number of carbonyl (C=O) groups excluding carboxylic acids is 2. The Bertz CT molecular complexity index is 996. The molecule has 1 aromatic heterocycles. The summed E-state index contributed by atoms with van der Waals surface area (Å²) in [4.78, 5) is 25.4. The molecule has 1 heterocycles. The molecule has 1 aliphatic carbocycles. The fourth-order valence-electron chi connectivity index (χ4n) is 3.21. The molecule has 28 heavy (non-hydrogen) atoms. The molecule has 1 aliphatic rings. The van der Waals surface area contributed by atoms with Gasteiger partial charge < -0.3 is 10.6 Å². The highest BCUT2D eigenvalue weighted by Gasteiger charge is 2.44. The number of carbonyl (C=O) groups is 2. The van der Waals surface area contributed by atoms with E-state index >= 15 is 0 Å². The van der Waals surface area contributed by atoms with Crippen LogP contribution in [0.3, 0.4) is 0 Å². The number of anilines is 1. The van der Waals surface area contributed by atoms with Crippen LogP contribution in [0.2, 0.25) is 0 Å². The van der Waals surface area contributed by atoms with Gasteiger partial charge in [-0.1, -0.05) is 24.3 Å². The number of hydrogen-bond acceptors (Lipinski definition) is 3. The van der Waals surface area contributed by atoms with Crippen molar-refractivity contribution in [3.8, 4) is 0 Å². The molecule has 2 aromatic carbocycles. The second kappa shape index (κ2) is 7.56. The first-order valence-electron chi connectivity index (χ1n) is 9.05. The van der Waals surface area contributed by atoms with E-state index in [1.54, 1.807) is 42.5 Å². The van der Waals surface area contributed by atoms with Crippen LogP contribution in [-0.4, -0.2) is 18.4 Å². The fraction of sp³-hybridized carbons (Fsp3) is 0.182. The molecule has 142 valence electrons. The van der Waals surface area contributed by atoms with Crippen molar-refractivity contribution in [2.24, 2.45) is 0 Å². The monoisotopic (exact) mass is 394 g/mol. The third-order valence-corrected chi connectivity index (χ3v) is 5.89. The average Bonchev–Trinajstić information content (AvgIpc) is 3.29. The molecular weight excluding hydrogens is 375 g/mol. The maximum Gasteiger partial charge on any atom is 0.265 e. The van der Waals surface area contributed by atoms with E-state index < -0.39 is 0 Å². The Kier molecular flexibility index (Phi) is 4.96. The van der Waals surface area contributed by atoms with Crippen LogP contribution in [0, 0.1) is 5.82 Å². The van der Waals surface area contributed by atoms with Gasteiger partial charge >= 0.3 is 0 Å². The molecule has 1 fully saturated rings. The van der Waals surface area contributed by atoms with Crippen molar-refractivity contribution in [1.82, 2.24) is 5.32 Å². The van der Waals surface area contributed by atoms with Crippen LogP contribution in [0.15, 0.2) is 66.0 Å². The number of halogens is 1. The van der Waals surface area contributed by atoms with Crippen LogP contribution in [0.25, 0.3) is 0 Å². The summed E-state index contributed by atoms with van der Waals surface area (Å²) < 4.78 is 13.1.